The van der Waals surface area contributed by atoms with Gasteiger partial charge in [-0.1, -0.05) is 18.2 Å². The SMILES string of the molecule is Cc1ccc(C2=N/C(=C\c3cccc(OCc4ccc([N+](=O)[O-])cc4)c3)C(=O)O2)cc1[N+](=O)[O-]. The zero-order valence-electron chi connectivity index (χ0n) is 17.8. The van der Waals surface area contributed by atoms with Crippen LogP contribution in [0.5, 0.6) is 5.75 Å². The molecule has 0 radical (unpaired) electrons. The third-order valence-corrected chi connectivity index (χ3v) is 4.99. The van der Waals surface area contributed by atoms with Gasteiger partial charge in [0.15, 0.2) is 5.70 Å². The van der Waals surface area contributed by atoms with Gasteiger partial charge in [0.1, 0.15) is 12.4 Å². The van der Waals surface area contributed by atoms with Gasteiger partial charge in [-0.3, -0.25) is 20.2 Å². The Morgan fingerprint density at radius 3 is 2.47 bits per heavy atom. The van der Waals surface area contributed by atoms with Crippen LogP contribution in [0.25, 0.3) is 6.08 Å². The summed E-state index contributed by atoms with van der Waals surface area (Å²) in [7, 11) is 0. The van der Waals surface area contributed by atoms with E-state index in [-0.39, 0.29) is 29.6 Å². The minimum atomic E-state index is -0.671. The Hall–Kier alpha value is -4.86. The van der Waals surface area contributed by atoms with Crippen LogP contribution in [0.15, 0.2) is 77.4 Å². The summed E-state index contributed by atoms with van der Waals surface area (Å²) < 4.78 is 11.0. The van der Waals surface area contributed by atoms with Crippen molar-refractivity contribution in [1.29, 1.82) is 0 Å². The molecule has 0 atom stereocenters. The zero-order valence-corrected chi connectivity index (χ0v) is 17.8. The maximum Gasteiger partial charge on any atom is 0.363 e. The highest BCUT2D eigenvalue weighted by Crippen LogP contribution is 2.25. The number of cyclic esters (lactones) is 1. The number of nitro benzene ring substituents is 2. The number of carbonyl (C=O) groups excluding carboxylic acids is 1. The van der Waals surface area contributed by atoms with Crippen LogP contribution in [0.3, 0.4) is 0 Å². The fourth-order valence-electron chi connectivity index (χ4n) is 3.20. The quantitative estimate of drug-likeness (QED) is 0.216. The van der Waals surface area contributed by atoms with Crippen LogP contribution in [0.1, 0.15) is 22.3 Å². The van der Waals surface area contributed by atoms with Crippen molar-refractivity contribution in [3.8, 4) is 5.75 Å². The molecule has 0 bridgehead atoms. The molecule has 3 aromatic rings. The Balaban J connectivity index is 1.50. The fraction of sp³-hybridized carbons (Fsp3) is 0.0833. The Morgan fingerprint density at radius 1 is 1.00 bits per heavy atom. The smallest absolute Gasteiger partial charge is 0.363 e. The first-order valence-electron chi connectivity index (χ1n) is 10.0. The number of esters is 1. The van der Waals surface area contributed by atoms with Crippen molar-refractivity contribution in [3.05, 3.63) is 115 Å². The van der Waals surface area contributed by atoms with Crippen LogP contribution >= 0.6 is 0 Å². The number of nitro groups is 2. The Kier molecular flexibility index (Phi) is 6.13. The number of hydrogen-bond acceptors (Lipinski definition) is 8. The van der Waals surface area contributed by atoms with E-state index >= 15 is 0 Å². The molecule has 0 saturated heterocycles. The predicted octanol–water partition coefficient (Wildman–Crippen LogP) is 4.73. The Morgan fingerprint density at radius 2 is 1.76 bits per heavy atom. The summed E-state index contributed by atoms with van der Waals surface area (Å²) in [5.74, 6) is -0.155. The van der Waals surface area contributed by atoms with E-state index in [9.17, 15) is 25.0 Å². The number of ether oxygens (including phenoxy) is 2. The lowest BCUT2D eigenvalue weighted by atomic mass is 10.1. The lowest BCUT2D eigenvalue weighted by Gasteiger charge is -2.07. The van der Waals surface area contributed by atoms with Crippen molar-refractivity contribution in [2.24, 2.45) is 4.99 Å². The lowest BCUT2D eigenvalue weighted by Crippen LogP contribution is -2.06. The molecule has 1 aliphatic heterocycles. The summed E-state index contributed by atoms with van der Waals surface area (Å²) in [5.41, 5.74) is 2.16. The summed E-state index contributed by atoms with van der Waals surface area (Å²) in [5, 5.41) is 21.9. The van der Waals surface area contributed by atoms with E-state index in [4.69, 9.17) is 9.47 Å². The van der Waals surface area contributed by atoms with Gasteiger partial charge in [0.25, 0.3) is 11.4 Å². The van der Waals surface area contributed by atoms with Crippen LogP contribution in [0.4, 0.5) is 11.4 Å². The number of benzene rings is 3. The summed E-state index contributed by atoms with van der Waals surface area (Å²) in [4.78, 5) is 37.5. The second kappa shape index (κ2) is 9.33. The van der Waals surface area contributed by atoms with Gasteiger partial charge in [0, 0.05) is 29.3 Å². The lowest BCUT2D eigenvalue weighted by molar-refractivity contribution is -0.385. The molecule has 0 N–H and O–H groups in total. The van der Waals surface area contributed by atoms with Gasteiger partial charge >= 0.3 is 5.97 Å². The number of hydrogen-bond donors (Lipinski definition) is 0. The van der Waals surface area contributed by atoms with Gasteiger partial charge in [-0.15, -0.1) is 0 Å². The van der Waals surface area contributed by atoms with Gasteiger partial charge in [0.2, 0.25) is 5.90 Å². The summed E-state index contributed by atoms with van der Waals surface area (Å²) in [6, 6.07) is 17.5. The molecule has 1 heterocycles. The molecule has 10 heteroatoms. The van der Waals surface area contributed by atoms with E-state index in [1.807, 2.05) is 0 Å². The van der Waals surface area contributed by atoms with Crippen molar-refractivity contribution in [1.82, 2.24) is 0 Å². The van der Waals surface area contributed by atoms with Crippen LogP contribution in [0, 0.1) is 27.2 Å². The molecule has 34 heavy (non-hydrogen) atoms. The second-order valence-electron chi connectivity index (χ2n) is 7.38. The average molecular weight is 459 g/mol. The topological polar surface area (TPSA) is 134 Å². The van der Waals surface area contributed by atoms with Gasteiger partial charge in [-0.2, -0.15) is 0 Å². The number of carbonyl (C=O) groups is 1. The first-order chi connectivity index (χ1) is 16.3. The molecule has 1 aliphatic rings. The van der Waals surface area contributed by atoms with Crippen LogP contribution in [-0.4, -0.2) is 21.7 Å². The molecular formula is C24H17N3O7. The van der Waals surface area contributed by atoms with E-state index in [1.165, 1.54) is 24.3 Å². The van der Waals surface area contributed by atoms with Crippen molar-refractivity contribution >= 4 is 29.3 Å². The predicted molar refractivity (Wildman–Crippen MR) is 122 cm³/mol. The van der Waals surface area contributed by atoms with Crippen LogP contribution in [0.2, 0.25) is 0 Å². The first-order valence-corrected chi connectivity index (χ1v) is 10.0. The minimum absolute atomic E-state index is 0.000915. The number of rotatable bonds is 7. The summed E-state index contributed by atoms with van der Waals surface area (Å²) in [6.07, 6.45) is 1.52. The molecule has 3 aromatic carbocycles. The van der Waals surface area contributed by atoms with Gasteiger partial charge in [0.05, 0.1) is 9.85 Å². The van der Waals surface area contributed by atoms with Gasteiger partial charge < -0.3 is 9.47 Å². The third-order valence-electron chi connectivity index (χ3n) is 4.99. The molecule has 0 unspecified atom stereocenters. The molecule has 0 spiro atoms. The van der Waals surface area contributed by atoms with Crippen molar-refractivity contribution in [2.45, 2.75) is 13.5 Å². The fourth-order valence-corrected chi connectivity index (χ4v) is 3.20. The van der Waals surface area contributed by atoms with E-state index in [1.54, 1.807) is 55.5 Å². The van der Waals surface area contributed by atoms with Crippen LogP contribution < -0.4 is 4.74 Å². The van der Waals surface area contributed by atoms with E-state index < -0.39 is 15.8 Å². The molecule has 0 saturated carbocycles. The average Bonchev–Trinajstić information content (AvgIpc) is 3.18. The summed E-state index contributed by atoms with van der Waals surface area (Å²) >= 11 is 0. The van der Waals surface area contributed by atoms with Crippen molar-refractivity contribution in [3.63, 3.8) is 0 Å². The molecule has 0 aromatic heterocycles. The normalized spacial score (nSPS) is 14.0. The van der Waals surface area contributed by atoms with E-state index in [2.05, 4.69) is 4.99 Å². The minimum Gasteiger partial charge on any atom is -0.489 e. The van der Waals surface area contributed by atoms with E-state index in [0.29, 0.717) is 22.4 Å². The molecule has 0 amide bonds. The largest absolute Gasteiger partial charge is 0.489 e. The van der Waals surface area contributed by atoms with E-state index in [0.717, 1.165) is 5.56 Å². The first kappa shape index (κ1) is 22.3. The highest BCUT2D eigenvalue weighted by atomic mass is 16.6. The highest BCUT2D eigenvalue weighted by molar-refractivity contribution is 6.13. The molecule has 10 nitrogen and oxygen atoms in total. The maximum atomic E-state index is 12.3. The third kappa shape index (κ3) is 4.96. The van der Waals surface area contributed by atoms with Gasteiger partial charge in [-0.05, 0) is 54.5 Å². The Labute approximate surface area is 193 Å². The maximum absolute atomic E-state index is 12.3. The zero-order chi connectivity index (χ0) is 24.2. The molecule has 170 valence electrons. The number of nitrogens with zero attached hydrogens (tertiary/aromatic N) is 3. The molecule has 0 aliphatic carbocycles. The van der Waals surface area contributed by atoms with Crippen molar-refractivity contribution in [2.75, 3.05) is 0 Å². The standard InChI is InChI=1S/C24H17N3O7/c1-15-5-8-18(13-22(15)27(31)32)23-25-21(24(28)34-23)12-17-3-2-4-20(11-17)33-14-16-6-9-19(10-7-16)26(29)30/h2-13H,14H2,1H3/b21-12-. The Bertz CT molecular complexity index is 1360. The molecule has 4 rings (SSSR count). The monoisotopic (exact) mass is 459 g/mol. The number of aliphatic imine (C=N–C) groups is 1. The number of non-ortho nitro benzene ring substituents is 1. The van der Waals surface area contributed by atoms with Crippen LogP contribution in [-0.2, 0) is 16.1 Å². The molecular weight excluding hydrogens is 442 g/mol. The molecule has 0 fully saturated rings. The summed E-state index contributed by atoms with van der Waals surface area (Å²) in [6.45, 7) is 1.82. The second-order valence-corrected chi connectivity index (χ2v) is 7.38. The number of aryl methyl sites for hydroxylation is 1. The van der Waals surface area contributed by atoms with Crippen molar-refractivity contribution < 1.29 is 24.1 Å². The highest BCUT2D eigenvalue weighted by Gasteiger charge is 2.26. The van der Waals surface area contributed by atoms with Gasteiger partial charge in [-0.25, -0.2) is 9.79 Å².